The van der Waals surface area contributed by atoms with Crippen LogP contribution in [-0.2, 0) is 4.79 Å². The molecule has 0 aliphatic carbocycles. The number of carbonyl (C=O) groups excluding carboxylic acids is 2. The molecular weight excluding hydrogens is 602 g/mol. The molecular formula is C29H31BrClN3O4S. The molecule has 0 fully saturated rings. The lowest BCUT2D eigenvalue weighted by Crippen LogP contribution is -2.34. The fourth-order valence-corrected chi connectivity index (χ4v) is 4.36. The van der Waals surface area contributed by atoms with E-state index in [1.54, 1.807) is 73.7 Å². The second-order valence-electron chi connectivity index (χ2n) is 8.72. The number of carbonyl (C=O) groups is 2. The Bertz CT molecular complexity index is 1290. The molecule has 0 bridgehead atoms. The number of hydrogen-bond acceptors (Lipinski definition) is 5. The summed E-state index contributed by atoms with van der Waals surface area (Å²) < 4.78 is 12.2. The molecule has 3 aromatic carbocycles. The van der Waals surface area contributed by atoms with Crippen LogP contribution in [-0.4, -0.2) is 29.6 Å². The fraction of sp³-hybridized carbons (Fsp3) is 0.276. The number of ether oxygens (including phenoxy) is 2. The average Bonchev–Trinajstić information content (AvgIpc) is 2.91. The highest BCUT2D eigenvalue weighted by Crippen LogP contribution is 2.27. The SMILES string of the molecule is CCCCCCOc1ccc(C(=O)NC(=S)Nc2ccc(NC(=O)C(C)Oc3ccccc3Cl)cc2)cc1Br. The highest BCUT2D eigenvalue weighted by atomic mass is 79.9. The first kappa shape index (κ1) is 30.4. The molecule has 0 heterocycles. The number of halogens is 2. The van der Waals surface area contributed by atoms with Crippen molar-refractivity contribution in [2.24, 2.45) is 0 Å². The fourth-order valence-electron chi connectivity index (χ4n) is 3.47. The zero-order chi connectivity index (χ0) is 28.2. The summed E-state index contributed by atoms with van der Waals surface area (Å²) in [4.78, 5) is 25.2. The van der Waals surface area contributed by atoms with Crippen molar-refractivity contribution in [2.45, 2.75) is 45.6 Å². The molecule has 1 atom stereocenters. The molecule has 3 aromatic rings. The van der Waals surface area contributed by atoms with E-state index in [0.717, 1.165) is 12.8 Å². The highest BCUT2D eigenvalue weighted by Gasteiger charge is 2.16. The molecule has 2 amide bonds. The van der Waals surface area contributed by atoms with E-state index in [4.69, 9.17) is 33.3 Å². The summed E-state index contributed by atoms with van der Waals surface area (Å²) in [5.74, 6) is 0.462. The number of nitrogens with one attached hydrogen (secondary N) is 3. The van der Waals surface area contributed by atoms with Crippen LogP contribution in [0.2, 0.25) is 5.02 Å². The summed E-state index contributed by atoms with van der Waals surface area (Å²) in [6.07, 6.45) is 3.74. The Labute approximate surface area is 247 Å². The van der Waals surface area contributed by atoms with Gasteiger partial charge < -0.3 is 20.1 Å². The third-order valence-corrected chi connectivity index (χ3v) is 6.73. The van der Waals surface area contributed by atoms with Crippen LogP contribution < -0.4 is 25.4 Å². The predicted molar refractivity (Wildman–Crippen MR) is 164 cm³/mol. The van der Waals surface area contributed by atoms with Crippen molar-refractivity contribution in [3.8, 4) is 11.5 Å². The Kier molecular flexibility index (Phi) is 12.0. The number of para-hydroxylation sites is 1. The molecule has 0 saturated carbocycles. The highest BCUT2D eigenvalue weighted by molar-refractivity contribution is 9.10. The summed E-state index contributed by atoms with van der Waals surface area (Å²) in [7, 11) is 0. The molecule has 0 saturated heterocycles. The van der Waals surface area contributed by atoms with Crippen LogP contribution in [0.15, 0.2) is 71.2 Å². The number of unbranched alkanes of at least 4 members (excludes halogenated alkanes) is 3. The number of thiocarbonyl (C=S) groups is 1. The van der Waals surface area contributed by atoms with Gasteiger partial charge in [0.15, 0.2) is 11.2 Å². The van der Waals surface area contributed by atoms with E-state index in [-0.39, 0.29) is 16.9 Å². The molecule has 10 heteroatoms. The van der Waals surface area contributed by atoms with Crippen molar-refractivity contribution in [2.75, 3.05) is 17.2 Å². The topological polar surface area (TPSA) is 88.7 Å². The largest absolute Gasteiger partial charge is 0.492 e. The number of benzene rings is 3. The van der Waals surface area contributed by atoms with Gasteiger partial charge in [-0.25, -0.2) is 0 Å². The molecule has 1 unspecified atom stereocenters. The van der Waals surface area contributed by atoms with Gasteiger partial charge in [-0.15, -0.1) is 0 Å². The Balaban J connectivity index is 1.47. The van der Waals surface area contributed by atoms with Gasteiger partial charge in [-0.2, -0.15) is 0 Å². The van der Waals surface area contributed by atoms with Crippen molar-refractivity contribution < 1.29 is 19.1 Å². The molecule has 0 aromatic heterocycles. The van der Waals surface area contributed by atoms with Crippen LogP contribution in [0.3, 0.4) is 0 Å². The van der Waals surface area contributed by atoms with Gasteiger partial charge in [-0.3, -0.25) is 14.9 Å². The van der Waals surface area contributed by atoms with Gasteiger partial charge in [-0.05, 0) is 96.1 Å². The van der Waals surface area contributed by atoms with E-state index in [1.165, 1.54) is 12.8 Å². The predicted octanol–water partition coefficient (Wildman–Crippen LogP) is 7.59. The summed E-state index contributed by atoms with van der Waals surface area (Å²) in [5.41, 5.74) is 1.66. The summed E-state index contributed by atoms with van der Waals surface area (Å²) in [6.45, 7) is 4.45. The second-order valence-corrected chi connectivity index (χ2v) is 10.4. The van der Waals surface area contributed by atoms with E-state index < -0.39 is 6.10 Å². The van der Waals surface area contributed by atoms with Crippen molar-refractivity contribution in [1.29, 1.82) is 0 Å². The average molecular weight is 633 g/mol. The first-order valence-electron chi connectivity index (χ1n) is 12.6. The zero-order valence-corrected chi connectivity index (χ0v) is 24.9. The molecule has 0 radical (unpaired) electrons. The number of rotatable bonds is 12. The van der Waals surface area contributed by atoms with Gasteiger partial charge >= 0.3 is 0 Å². The molecule has 39 heavy (non-hydrogen) atoms. The Morgan fingerprint density at radius 2 is 1.64 bits per heavy atom. The Morgan fingerprint density at radius 3 is 2.31 bits per heavy atom. The minimum absolute atomic E-state index is 0.144. The van der Waals surface area contributed by atoms with Crippen molar-refractivity contribution in [3.05, 3.63) is 81.8 Å². The van der Waals surface area contributed by atoms with Crippen LogP contribution in [0, 0.1) is 0 Å². The van der Waals surface area contributed by atoms with E-state index >= 15 is 0 Å². The van der Waals surface area contributed by atoms with Crippen LogP contribution in [0.1, 0.15) is 49.9 Å². The van der Waals surface area contributed by atoms with E-state index in [2.05, 4.69) is 38.8 Å². The van der Waals surface area contributed by atoms with Gasteiger partial charge in [0.25, 0.3) is 11.8 Å². The van der Waals surface area contributed by atoms with Crippen LogP contribution in [0.4, 0.5) is 11.4 Å². The monoisotopic (exact) mass is 631 g/mol. The lowest BCUT2D eigenvalue weighted by molar-refractivity contribution is -0.122. The normalized spacial score (nSPS) is 11.3. The molecule has 206 valence electrons. The van der Waals surface area contributed by atoms with Crippen LogP contribution in [0.25, 0.3) is 0 Å². The van der Waals surface area contributed by atoms with Crippen molar-refractivity contribution in [1.82, 2.24) is 5.32 Å². The van der Waals surface area contributed by atoms with E-state index in [0.29, 0.717) is 44.5 Å². The van der Waals surface area contributed by atoms with Gasteiger partial charge in [0.2, 0.25) is 0 Å². The van der Waals surface area contributed by atoms with Crippen LogP contribution >= 0.6 is 39.7 Å². The zero-order valence-electron chi connectivity index (χ0n) is 21.8. The molecule has 0 aliphatic rings. The van der Waals surface area contributed by atoms with Crippen LogP contribution in [0.5, 0.6) is 11.5 Å². The maximum Gasteiger partial charge on any atom is 0.265 e. The van der Waals surface area contributed by atoms with Crippen molar-refractivity contribution >= 4 is 68.1 Å². The second kappa shape index (κ2) is 15.5. The van der Waals surface area contributed by atoms with Gasteiger partial charge in [0.05, 0.1) is 16.1 Å². The first-order valence-corrected chi connectivity index (χ1v) is 14.2. The standard InChI is InChI=1S/C29H31BrClN3O4S/c1-3-4-5-8-17-37-25-16-11-20(18-23(25)30)28(36)34-29(39)33-22-14-12-21(13-15-22)32-27(35)19(2)38-26-10-7-6-9-24(26)31/h6-7,9-16,18-19H,3-5,8,17H2,1-2H3,(H,32,35)(H2,33,34,36,39). The lowest BCUT2D eigenvalue weighted by Gasteiger charge is -2.16. The van der Waals surface area contributed by atoms with E-state index in [9.17, 15) is 9.59 Å². The quantitative estimate of drug-likeness (QED) is 0.141. The smallest absolute Gasteiger partial charge is 0.265 e. The van der Waals surface area contributed by atoms with Gasteiger partial charge in [0.1, 0.15) is 11.5 Å². The van der Waals surface area contributed by atoms with Crippen molar-refractivity contribution in [3.63, 3.8) is 0 Å². The first-order chi connectivity index (χ1) is 18.8. The minimum Gasteiger partial charge on any atom is -0.492 e. The Morgan fingerprint density at radius 1 is 0.949 bits per heavy atom. The van der Waals surface area contributed by atoms with Gasteiger partial charge in [0, 0.05) is 16.9 Å². The Hall–Kier alpha value is -3.14. The molecule has 3 rings (SSSR count). The summed E-state index contributed by atoms with van der Waals surface area (Å²) in [6, 6.07) is 19.0. The molecule has 0 spiro atoms. The summed E-state index contributed by atoms with van der Waals surface area (Å²) >= 11 is 14.9. The number of hydrogen-bond donors (Lipinski definition) is 3. The van der Waals surface area contributed by atoms with E-state index in [1.807, 2.05) is 0 Å². The molecule has 3 N–H and O–H groups in total. The third kappa shape index (κ3) is 9.84. The number of anilines is 2. The lowest BCUT2D eigenvalue weighted by atomic mass is 10.2. The van der Waals surface area contributed by atoms with Gasteiger partial charge in [-0.1, -0.05) is 49.9 Å². The minimum atomic E-state index is -0.753. The molecule has 0 aliphatic heterocycles. The molecule has 7 nitrogen and oxygen atoms in total. The number of amides is 2. The third-order valence-electron chi connectivity index (χ3n) is 5.60. The maximum atomic E-state index is 12.7. The summed E-state index contributed by atoms with van der Waals surface area (Å²) in [5, 5.41) is 9.01. The maximum absolute atomic E-state index is 12.7.